The first-order chi connectivity index (χ1) is 10.1. The lowest BCUT2D eigenvalue weighted by Crippen LogP contribution is -2.53. The van der Waals surface area contributed by atoms with Gasteiger partial charge in [-0.25, -0.2) is 9.36 Å². The third-order valence-corrected chi connectivity index (χ3v) is 5.27. The third-order valence-electron chi connectivity index (χ3n) is 3.30. The van der Waals surface area contributed by atoms with E-state index in [1.807, 2.05) is 36.1 Å². The Labute approximate surface area is 131 Å². The second kappa shape index (κ2) is 6.11. The Morgan fingerprint density at radius 2 is 2.29 bits per heavy atom. The molecule has 1 aromatic rings. The molecule has 2 aliphatic heterocycles. The van der Waals surface area contributed by atoms with Crippen LogP contribution in [0, 0.1) is 0 Å². The quantitative estimate of drug-likeness (QED) is 0.275. The number of β-lactam (4-membered cyclic amide) rings is 1. The Balaban J connectivity index is 1.53. The predicted molar refractivity (Wildman–Crippen MR) is 80.2 cm³/mol. The summed E-state index contributed by atoms with van der Waals surface area (Å²) in [5.41, 5.74) is 0.398. The molecule has 1 atom stereocenters. The maximum atomic E-state index is 12.1. The molecule has 0 unspecified atom stereocenters. The zero-order valence-corrected chi connectivity index (χ0v) is 13.2. The summed E-state index contributed by atoms with van der Waals surface area (Å²) in [6, 6.07) is 3.92. The molecule has 0 aliphatic carbocycles. The number of carbonyl (C=O) groups is 2. The van der Waals surface area contributed by atoms with Crippen LogP contribution in [0.5, 0.6) is 0 Å². The number of carbonyl (C=O) groups excluding carboxylic acids is 2. The van der Waals surface area contributed by atoms with Crippen molar-refractivity contribution in [3.63, 3.8) is 0 Å². The Hall–Kier alpha value is -1.47. The predicted octanol–water partition coefficient (Wildman–Crippen LogP) is 1.29. The number of esters is 1. The van der Waals surface area contributed by atoms with E-state index in [0.717, 1.165) is 10.6 Å². The molecule has 2 aliphatic rings. The summed E-state index contributed by atoms with van der Waals surface area (Å²) < 4.78 is 7.20. The first kappa shape index (κ1) is 14.5. The maximum absolute atomic E-state index is 12.1. The van der Waals surface area contributed by atoms with Crippen LogP contribution in [0.2, 0.25) is 0 Å². The van der Waals surface area contributed by atoms with Gasteiger partial charge >= 0.3 is 5.97 Å². The molecule has 0 spiro atoms. The lowest BCUT2D eigenvalue weighted by molar-refractivity contribution is -0.671. The van der Waals surface area contributed by atoms with Crippen LogP contribution in [-0.4, -0.2) is 33.8 Å². The number of nitrogens with zero attached hydrogens (tertiary/aromatic N) is 2. The number of aromatic nitrogens is 1. The van der Waals surface area contributed by atoms with Gasteiger partial charge in [-0.05, 0) is 6.08 Å². The van der Waals surface area contributed by atoms with Crippen LogP contribution in [0.25, 0.3) is 0 Å². The molecule has 3 rings (SSSR count). The van der Waals surface area contributed by atoms with E-state index in [9.17, 15) is 9.59 Å². The average Bonchev–Trinajstić information content (AvgIpc) is 2.47. The molecular formula is C14H15N2O3S2+. The average molecular weight is 323 g/mol. The van der Waals surface area contributed by atoms with E-state index in [1.165, 1.54) is 11.8 Å². The summed E-state index contributed by atoms with van der Waals surface area (Å²) in [5, 5.41) is 0.117. The molecule has 5 nitrogen and oxygen atoms in total. The van der Waals surface area contributed by atoms with E-state index in [1.54, 1.807) is 22.7 Å². The zero-order valence-electron chi connectivity index (χ0n) is 11.5. The van der Waals surface area contributed by atoms with E-state index in [2.05, 4.69) is 0 Å². The Morgan fingerprint density at radius 1 is 1.52 bits per heavy atom. The number of hydrogen-bond acceptors (Lipinski definition) is 5. The fourth-order valence-corrected chi connectivity index (χ4v) is 3.87. The lowest BCUT2D eigenvalue weighted by Gasteiger charge is -2.42. The van der Waals surface area contributed by atoms with Crippen LogP contribution >= 0.6 is 23.5 Å². The van der Waals surface area contributed by atoms with E-state index in [0.29, 0.717) is 12.1 Å². The zero-order chi connectivity index (χ0) is 14.8. The molecule has 0 bridgehead atoms. The molecule has 0 radical (unpaired) electrons. The first-order valence-corrected chi connectivity index (χ1v) is 8.57. The summed E-state index contributed by atoms with van der Waals surface area (Å²) in [4.78, 5) is 26.2. The van der Waals surface area contributed by atoms with Crippen molar-refractivity contribution in [2.45, 2.75) is 16.7 Å². The molecule has 110 valence electrons. The van der Waals surface area contributed by atoms with Crippen molar-refractivity contribution in [3.05, 3.63) is 36.3 Å². The fraction of sp³-hybridized carbons (Fsp3) is 0.357. The highest BCUT2D eigenvalue weighted by atomic mass is 32.2. The van der Waals surface area contributed by atoms with Crippen molar-refractivity contribution in [2.24, 2.45) is 7.05 Å². The van der Waals surface area contributed by atoms with Crippen molar-refractivity contribution >= 4 is 35.4 Å². The molecule has 0 saturated carbocycles. The fourth-order valence-electron chi connectivity index (χ4n) is 2.14. The van der Waals surface area contributed by atoms with Crippen LogP contribution < -0.4 is 4.57 Å². The van der Waals surface area contributed by atoms with Gasteiger partial charge in [-0.2, -0.15) is 0 Å². The maximum Gasteiger partial charge on any atom is 0.355 e. The number of fused-ring (bicyclic) bond motifs is 1. The van der Waals surface area contributed by atoms with E-state index in [-0.39, 0.29) is 17.2 Å². The number of aryl methyl sites for hydroxylation is 1. The molecule has 1 saturated heterocycles. The molecule has 1 fully saturated rings. The molecular weight excluding hydrogens is 308 g/mol. The summed E-state index contributed by atoms with van der Waals surface area (Å²) in [6.45, 7) is 0. The van der Waals surface area contributed by atoms with Crippen LogP contribution in [-0.2, 0) is 21.4 Å². The largest absolute Gasteiger partial charge is 0.450 e. The molecule has 1 aromatic heterocycles. The van der Waals surface area contributed by atoms with Crippen molar-refractivity contribution < 1.29 is 18.9 Å². The first-order valence-electron chi connectivity index (χ1n) is 6.54. The van der Waals surface area contributed by atoms with Gasteiger partial charge in [0.05, 0.1) is 11.8 Å². The van der Waals surface area contributed by atoms with Gasteiger partial charge < -0.3 is 4.74 Å². The minimum Gasteiger partial charge on any atom is -0.450 e. The van der Waals surface area contributed by atoms with Crippen molar-refractivity contribution in [3.8, 4) is 0 Å². The third kappa shape index (κ3) is 3.08. The van der Waals surface area contributed by atoms with Crippen molar-refractivity contribution in [1.29, 1.82) is 0 Å². The Bertz CT molecular complexity index is 601. The van der Waals surface area contributed by atoms with E-state index >= 15 is 0 Å². The van der Waals surface area contributed by atoms with Gasteiger partial charge in [-0.1, -0.05) is 11.8 Å². The highest BCUT2D eigenvalue weighted by molar-refractivity contribution is 8.00. The minimum atomic E-state index is -0.415. The molecule has 0 aromatic carbocycles. The number of rotatable bonds is 4. The normalized spacial score (nSPS) is 20.4. The standard InChI is InChI=1S/C14H15N2O3S2/c1-15-5-2-10(3-6-15)21-9-19-14(18)11-4-7-20-13-8-12(17)16(11)13/h2-6,13H,7-9H2,1H3/q+1/t13-/m1/s1. The monoisotopic (exact) mass is 323 g/mol. The van der Waals surface area contributed by atoms with Gasteiger partial charge in [-0.15, -0.1) is 11.8 Å². The van der Waals surface area contributed by atoms with Crippen LogP contribution in [0.15, 0.2) is 41.2 Å². The lowest BCUT2D eigenvalue weighted by atomic mass is 10.1. The second-order valence-corrected chi connectivity index (χ2v) is 6.95. The number of pyridine rings is 1. The number of amides is 1. The molecule has 7 heteroatoms. The SMILES string of the molecule is C[n+]1ccc(SCOC(=O)C2=CCS[C@@H]3CC(=O)N23)cc1. The second-order valence-electron chi connectivity index (χ2n) is 4.74. The molecule has 1 amide bonds. The summed E-state index contributed by atoms with van der Waals surface area (Å²) in [7, 11) is 1.95. The van der Waals surface area contributed by atoms with Crippen molar-refractivity contribution in [1.82, 2.24) is 4.90 Å². The van der Waals surface area contributed by atoms with Gasteiger partial charge in [0.1, 0.15) is 18.7 Å². The van der Waals surface area contributed by atoms with E-state index < -0.39 is 5.97 Å². The Kier molecular flexibility index (Phi) is 4.21. The molecule has 0 N–H and O–H groups in total. The van der Waals surface area contributed by atoms with Gasteiger partial charge in [-0.3, -0.25) is 9.69 Å². The highest BCUT2D eigenvalue weighted by Gasteiger charge is 2.43. The van der Waals surface area contributed by atoms with Crippen LogP contribution in [0.1, 0.15) is 6.42 Å². The van der Waals surface area contributed by atoms with Gasteiger partial charge in [0.15, 0.2) is 12.4 Å². The number of hydrogen-bond donors (Lipinski definition) is 0. The topological polar surface area (TPSA) is 50.5 Å². The summed E-state index contributed by atoms with van der Waals surface area (Å²) >= 11 is 3.12. The smallest absolute Gasteiger partial charge is 0.355 e. The Morgan fingerprint density at radius 3 is 3.00 bits per heavy atom. The summed E-state index contributed by atoms with van der Waals surface area (Å²) in [6.07, 6.45) is 6.17. The van der Waals surface area contributed by atoms with Gasteiger partial charge in [0.25, 0.3) is 0 Å². The summed E-state index contributed by atoms with van der Waals surface area (Å²) in [5.74, 6) is 0.575. The highest BCUT2D eigenvalue weighted by Crippen LogP contribution is 2.37. The number of thioether (sulfide) groups is 2. The van der Waals surface area contributed by atoms with E-state index in [4.69, 9.17) is 4.74 Å². The van der Waals surface area contributed by atoms with Crippen LogP contribution in [0.3, 0.4) is 0 Å². The number of ether oxygens (including phenoxy) is 1. The minimum absolute atomic E-state index is 0.00128. The van der Waals surface area contributed by atoms with Gasteiger partial charge in [0.2, 0.25) is 5.91 Å². The molecule has 3 heterocycles. The van der Waals surface area contributed by atoms with Gasteiger partial charge in [0, 0.05) is 22.8 Å². The molecule has 21 heavy (non-hydrogen) atoms. The van der Waals surface area contributed by atoms with Crippen LogP contribution in [0.4, 0.5) is 0 Å². The van der Waals surface area contributed by atoms with Crippen molar-refractivity contribution in [2.75, 3.05) is 11.7 Å².